The SMILES string of the molecule is O=[N+]([O-])c1ccc([C@H](O)[C@@H]2CCCOC2)cc1. The molecule has 1 fully saturated rings. The minimum absolute atomic E-state index is 0.0424. The molecular formula is C12H15NO4. The molecule has 0 radical (unpaired) electrons. The van der Waals surface area contributed by atoms with Gasteiger partial charge in [-0.2, -0.15) is 0 Å². The summed E-state index contributed by atoms with van der Waals surface area (Å²) in [6.07, 6.45) is 1.28. The molecule has 1 aromatic carbocycles. The zero-order valence-corrected chi connectivity index (χ0v) is 9.41. The van der Waals surface area contributed by atoms with Gasteiger partial charge in [0.1, 0.15) is 0 Å². The number of nitro groups is 1. The van der Waals surface area contributed by atoms with Crippen LogP contribution in [0.4, 0.5) is 5.69 Å². The highest BCUT2D eigenvalue weighted by Gasteiger charge is 2.23. The molecule has 0 aromatic heterocycles. The van der Waals surface area contributed by atoms with E-state index in [2.05, 4.69) is 0 Å². The van der Waals surface area contributed by atoms with Crippen molar-refractivity contribution in [1.82, 2.24) is 0 Å². The highest BCUT2D eigenvalue weighted by Crippen LogP contribution is 2.29. The van der Waals surface area contributed by atoms with Crippen molar-refractivity contribution in [2.45, 2.75) is 18.9 Å². The van der Waals surface area contributed by atoms with Gasteiger partial charge in [0.15, 0.2) is 0 Å². The molecule has 5 nitrogen and oxygen atoms in total. The van der Waals surface area contributed by atoms with Gasteiger partial charge in [-0.15, -0.1) is 0 Å². The van der Waals surface area contributed by atoms with Crippen LogP contribution in [0.5, 0.6) is 0 Å². The molecule has 0 unspecified atom stereocenters. The standard InChI is InChI=1S/C12H15NO4/c14-12(10-2-1-7-17-8-10)9-3-5-11(6-4-9)13(15)16/h3-6,10,12,14H,1-2,7-8H2/t10-,12+/m1/s1. The van der Waals surface area contributed by atoms with Crippen molar-refractivity contribution in [1.29, 1.82) is 0 Å². The summed E-state index contributed by atoms with van der Waals surface area (Å²) >= 11 is 0. The Labute approximate surface area is 99.2 Å². The summed E-state index contributed by atoms with van der Waals surface area (Å²) in [6.45, 7) is 1.31. The Hall–Kier alpha value is -1.46. The lowest BCUT2D eigenvalue weighted by Gasteiger charge is -2.26. The van der Waals surface area contributed by atoms with Crippen LogP contribution >= 0.6 is 0 Å². The van der Waals surface area contributed by atoms with Crippen LogP contribution in [0, 0.1) is 16.0 Å². The van der Waals surface area contributed by atoms with Crippen LogP contribution < -0.4 is 0 Å². The van der Waals surface area contributed by atoms with Crippen molar-refractivity contribution in [2.24, 2.45) is 5.92 Å². The lowest BCUT2D eigenvalue weighted by atomic mass is 9.91. The zero-order chi connectivity index (χ0) is 12.3. The molecule has 1 aliphatic heterocycles. The predicted octanol–water partition coefficient (Wildman–Crippen LogP) is 2.05. The molecular weight excluding hydrogens is 222 g/mol. The van der Waals surface area contributed by atoms with Crippen LogP contribution in [0.2, 0.25) is 0 Å². The summed E-state index contributed by atoms with van der Waals surface area (Å²) in [5.74, 6) is 0.0882. The molecule has 0 amide bonds. The van der Waals surface area contributed by atoms with Crippen LogP contribution in [0.3, 0.4) is 0 Å². The maximum absolute atomic E-state index is 10.5. The number of aliphatic hydroxyl groups is 1. The number of aliphatic hydroxyl groups excluding tert-OH is 1. The fraction of sp³-hybridized carbons (Fsp3) is 0.500. The summed E-state index contributed by atoms with van der Waals surface area (Å²) in [6, 6.07) is 6.05. The van der Waals surface area contributed by atoms with E-state index in [1.54, 1.807) is 12.1 Å². The third-order valence-electron chi connectivity index (χ3n) is 3.09. The lowest BCUT2D eigenvalue weighted by molar-refractivity contribution is -0.384. The molecule has 0 aliphatic carbocycles. The molecule has 2 rings (SSSR count). The summed E-state index contributed by atoms with van der Waals surface area (Å²) in [5.41, 5.74) is 0.756. The number of hydrogen-bond acceptors (Lipinski definition) is 4. The molecule has 0 saturated carbocycles. The van der Waals surface area contributed by atoms with E-state index >= 15 is 0 Å². The van der Waals surface area contributed by atoms with E-state index in [-0.39, 0.29) is 11.6 Å². The van der Waals surface area contributed by atoms with E-state index in [0.717, 1.165) is 19.4 Å². The van der Waals surface area contributed by atoms with Crippen LogP contribution in [-0.2, 0) is 4.74 Å². The molecule has 17 heavy (non-hydrogen) atoms. The van der Waals surface area contributed by atoms with Crippen molar-refractivity contribution in [2.75, 3.05) is 13.2 Å². The van der Waals surface area contributed by atoms with E-state index in [0.29, 0.717) is 12.2 Å². The Morgan fingerprint density at radius 3 is 2.65 bits per heavy atom. The number of hydrogen-bond donors (Lipinski definition) is 1. The first-order valence-electron chi connectivity index (χ1n) is 5.68. The second kappa shape index (κ2) is 5.25. The van der Waals surface area contributed by atoms with Gasteiger partial charge < -0.3 is 9.84 Å². The first-order chi connectivity index (χ1) is 8.18. The quantitative estimate of drug-likeness (QED) is 0.645. The first-order valence-corrected chi connectivity index (χ1v) is 5.68. The van der Waals surface area contributed by atoms with Crippen molar-refractivity contribution in [3.05, 3.63) is 39.9 Å². The number of non-ortho nitro benzene ring substituents is 1. The van der Waals surface area contributed by atoms with Gasteiger partial charge in [-0.25, -0.2) is 0 Å². The van der Waals surface area contributed by atoms with Gasteiger partial charge in [-0.05, 0) is 30.5 Å². The first kappa shape index (κ1) is 12.0. The van der Waals surface area contributed by atoms with Crippen molar-refractivity contribution in [3.63, 3.8) is 0 Å². The van der Waals surface area contributed by atoms with E-state index in [9.17, 15) is 15.2 Å². The van der Waals surface area contributed by atoms with Gasteiger partial charge in [0.2, 0.25) is 0 Å². The molecule has 1 heterocycles. The number of rotatable bonds is 3. The molecule has 1 saturated heterocycles. The van der Waals surface area contributed by atoms with Crippen LogP contribution in [0.15, 0.2) is 24.3 Å². The molecule has 5 heteroatoms. The zero-order valence-electron chi connectivity index (χ0n) is 9.41. The minimum Gasteiger partial charge on any atom is -0.388 e. The monoisotopic (exact) mass is 237 g/mol. The maximum atomic E-state index is 10.5. The van der Waals surface area contributed by atoms with Crippen molar-refractivity contribution >= 4 is 5.69 Å². The minimum atomic E-state index is -0.601. The van der Waals surface area contributed by atoms with Gasteiger partial charge in [-0.3, -0.25) is 10.1 Å². The summed E-state index contributed by atoms with van der Waals surface area (Å²) < 4.78 is 5.32. The Morgan fingerprint density at radius 1 is 1.41 bits per heavy atom. The van der Waals surface area contributed by atoms with Gasteiger partial charge in [0.25, 0.3) is 5.69 Å². The molecule has 1 N–H and O–H groups in total. The normalized spacial score (nSPS) is 22.1. The van der Waals surface area contributed by atoms with Crippen molar-refractivity contribution in [3.8, 4) is 0 Å². The molecule has 92 valence electrons. The Bertz CT molecular complexity index is 384. The maximum Gasteiger partial charge on any atom is 0.269 e. The smallest absolute Gasteiger partial charge is 0.269 e. The van der Waals surface area contributed by atoms with E-state index in [1.807, 2.05) is 0 Å². The lowest BCUT2D eigenvalue weighted by Crippen LogP contribution is -2.23. The molecule has 0 spiro atoms. The van der Waals surface area contributed by atoms with Gasteiger partial charge in [-0.1, -0.05) is 0 Å². The summed E-state index contributed by atoms with van der Waals surface area (Å²) in [7, 11) is 0. The molecule has 0 bridgehead atoms. The number of ether oxygens (including phenoxy) is 1. The Balaban J connectivity index is 2.07. The van der Waals surface area contributed by atoms with Crippen LogP contribution in [0.25, 0.3) is 0 Å². The van der Waals surface area contributed by atoms with Crippen LogP contribution in [0.1, 0.15) is 24.5 Å². The fourth-order valence-electron chi connectivity index (χ4n) is 2.08. The average molecular weight is 237 g/mol. The second-order valence-corrected chi connectivity index (χ2v) is 4.27. The predicted molar refractivity (Wildman–Crippen MR) is 61.6 cm³/mol. The molecule has 2 atom stereocenters. The molecule has 1 aliphatic rings. The summed E-state index contributed by atoms with van der Waals surface area (Å²) in [5, 5.41) is 20.6. The van der Waals surface area contributed by atoms with Gasteiger partial charge >= 0.3 is 0 Å². The highest BCUT2D eigenvalue weighted by atomic mass is 16.6. The van der Waals surface area contributed by atoms with E-state index in [1.165, 1.54) is 12.1 Å². The fourth-order valence-corrected chi connectivity index (χ4v) is 2.08. The topological polar surface area (TPSA) is 72.6 Å². The Morgan fingerprint density at radius 2 is 2.12 bits per heavy atom. The van der Waals surface area contributed by atoms with Crippen molar-refractivity contribution < 1.29 is 14.8 Å². The highest BCUT2D eigenvalue weighted by molar-refractivity contribution is 5.33. The second-order valence-electron chi connectivity index (χ2n) is 4.27. The molecule has 1 aromatic rings. The van der Waals surface area contributed by atoms with Gasteiger partial charge in [0, 0.05) is 24.7 Å². The van der Waals surface area contributed by atoms with Gasteiger partial charge in [0.05, 0.1) is 17.6 Å². The summed E-state index contributed by atoms with van der Waals surface area (Å²) in [4.78, 5) is 10.1. The third-order valence-corrected chi connectivity index (χ3v) is 3.09. The van der Waals surface area contributed by atoms with E-state index in [4.69, 9.17) is 4.74 Å². The largest absolute Gasteiger partial charge is 0.388 e. The number of nitrogens with zero attached hydrogens (tertiary/aromatic N) is 1. The van der Waals surface area contributed by atoms with E-state index < -0.39 is 11.0 Å². The third kappa shape index (κ3) is 2.81. The number of benzene rings is 1. The Kier molecular flexibility index (Phi) is 3.71. The average Bonchev–Trinajstić information content (AvgIpc) is 2.39. The number of nitro benzene ring substituents is 1. The van der Waals surface area contributed by atoms with Crippen LogP contribution in [-0.4, -0.2) is 23.2 Å².